The summed E-state index contributed by atoms with van der Waals surface area (Å²) in [6.07, 6.45) is 0.921. The van der Waals surface area contributed by atoms with Crippen molar-refractivity contribution in [1.29, 1.82) is 0 Å². The number of hydrogen-bond donors (Lipinski definition) is 3. The minimum absolute atomic E-state index is 0.104. The van der Waals surface area contributed by atoms with E-state index in [2.05, 4.69) is 15.3 Å². The molecule has 0 aliphatic carbocycles. The molecule has 23 heavy (non-hydrogen) atoms. The molecule has 0 fully saturated rings. The van der Waals surface area contributed by atoms with E-state index in [-0.39, 0.29) is 23.9 Å². The third-order valence-corrected chi connectivity index (χ3v) is 3.76. The van der Waals surface area contributed by atoms with Gasteiger partial charge in [0.2, 0.25) is 5.91 Å². The molecule has 2 aromatic rings. The normalized spacial score (nSPS) is 12.5. The summed E-state index contributed by atoms with van der Waals surface area (Å²) in [5, 5.41) is 12.9. The lowest BCUT2D eigenvalue weighted by atomic mass is 10.1. The van der Waals surface area contributed by atoms with E-state index < -0.39 is 6.10 Å². The average molecular weight is 317 g/mol. The van der Waals surface area contributed by atoms with Gasteiger partial charge in [-0.25, -0.2) is 4.98 Å². The van der Waals surface area contributed by atoms with Gasteiger partial charge >= 0.3 is 0 Å². The Morgan fingerprint density at radius 1 is 1.35 bits per heavy atom. The molecule has 6 heteroatoms. The molecule has 1 amide bonds. The second kappa shape index (κ2) is 7.87. The third kappa shape index (κ3) is 4.89. The number of hydrogen-bond acceptors (Lipinski definition) is 4. The van der Waals surface area contributed by atoms with Crippen LogP contribution in [-0.4, -0.2) is 33.6 Å². The van der Waals surface area contributed by atoms with Gasteiger partial charge in [0.1, 0.15) is 5.82 Å². The number of aliphatic hydroxyl groups excluding tert-OH is 1. The number of amides is 1. The number of carbonyl (C=O) groups is 1. The average Bonchev–Trinajstić information content (AvgIpc) is 2.52. The number of benzene rings is 1. The number of nitrogens with zero attached hydrogens (tertiary/aromatic N) is 1. The number of nitrogens with one attached hydrogen (secondary N) is 2. The van der Waals surface area contributed by atoms with Gasteiger partial charge in [-0.2, -0.15) is 0 Å². The lowest BCUT2D eigenvalue weighted by Gasteiger charge is -2.14. The van der Waals surface area contributed by atoms with Crippen LogP contribution in [0, 0.1) is 5.92 Å². The lowest BCUT2D eigenvalue weighted by molar-refractivity contribution is -0.121. The molecule has 1 heterocycles. The van der Waals surface area contributed by atoms with E-state index in [0.29, 0.717) is 36.0 Å². The highest BCUT2D eigenvalue weighted by atomic mass is 16.3. The second-order valence-electron chi connectivity index (χ2n) is 6.00. The number of aliphatic hydroxyl groups is 1. The predicted octanol–water partition coefficient (Wildman–Crippen LogP) is 1.38. The Bertz CT molecular complexity index is 724. The van der Waals surface area contributed by atoms with Gasteiger partial charge in [0.25, 0.3) is 5.56 Å². The summed E-state index contributed by atoms with van der Waals surface area (Å²) in [4.78, 5) is 30.8. The second-order valence-corrected chi connectivity index (χ2v) is 6.00. The molecule has 0 saturated carbocycles. The number of fused-ring (bicyclic) bond motifs is 1. The van der Waals surface area contributed by atoms with E-state index >= 15 is 0 Å². The fraction of sp³-hybridized carbons (Fsp3) is 0.471. The van der Waals surface area contributed by atoms with E-state index in [1.165, 1.54) is 0 Å². The summed E-state index contributed by atoms with van der Waals surface area (Å²) >= 11 is 0. The van der Waals surface area contributed by atoms with Crippen molar-refractivity contribution >= 4 is 16.8 Å². The highest BCUT2D eigenvalue weighted by Crippen LogP contribution is 2.07. The topological polar surface area (TPSA) is 95.1 Å². The van der Waals surface area contributed by atoms with Crippen molar-refractivity contribution in [1.82, 2.24) is 15.3 Å². The van der Waals surface area contributed by atoms with Crippen LogP contribution in [-0.2, 0) is 11.2 Å². The molecule has 1 unspecified atom stereocenters. The summed E-state index contributed by atoms with van der Waals surface area (Å²) in [5.74, 6) is 0.596. The zero-order valence-electron chi connectivity index (χ0n) is 13.5. The largest absolute Gasteiger partial charge is 0.391 e. The first-order chi connectivity index (χ1) is 11.0. The Hall–Kier alpha value is -2.21. The highest BCUT2D eigenvalue weighted by molar-refractivity contribution is 5.77. The molecule has 124 valence electrons. The van der Waals surface area contributed by atoms with Crippen molar-refractivity contribution < 1.29 is 9.90 Å². The summed E-state index contributed by atoms with van der Waals surface area (Å²) in [6, 6.07) is 7.17. The molecule has 2 rings (SSSR count). The summed E-state index contributed by atoms with van der Waals surface area (Å²) in [7, 11) is 0. The van der Waals surface area contributed by atoms with Crippen molar-refractivity contribution in [3.8, 4) is 0 Å². The van der Waals surface area contributed by atoms with Crippen molar-refractivity contribution in [3.05, 3.63) is 40.4 Å². The zero-order valence-corrected chi connectivity index (χ0v) is 13.5. The molecule has 6 nitrogen and oxygen atoms in total. The first-order valence-electron chi connectivity index (χ1n) is 7.90. The summed E-state index contributed by atoms with van der Waals surface area (Å²) in [6.45, 7) is 4.07. The maximum Gasteiger partial charge on any atom is 0.258 e. The number of aryl methyl sites for hydroxylation is 1. The first kappa shape index (κ1) is 17.1. The van der Waals surface area contributed by atoms with Gasteiger partial charge in [0, 0.05) is 19.4 Å². The van der Waals surface area contributed by atoms with Crippen LogP contribution >= 0.6 is 0 Å². The van der Waals surface area contributed by atoms with E-state index in [1.807, 2.05) is 19.9 Å². The highest BCUT2D eigenvalue weighted by Gasteiger charge is 2.11. The van der Waals surface area contributed by atoms with E-state index in [0.717, 1.165) is 0 Å². The zero-order chi connectivity index (χ0) is 16.8. The van der Waals surface area contributed by atoms with Crippen LogP contribution in [0.25, 0.3) is 10.9 Å². The first-order valence-corrected chi connectivity index (χ1v) is 7.90. The van der Waals surface area contributed by atoms with Crippen LogP contribution in [0.3, 0.4) is 0 Å². The van der Waals surface area contributed by atoms with Crippen LogP contribution in [0.1, 0.15) is 32.5 Å². The van der Waals surface area contributed by atoms with E-state index in [9.17, 15) is 14.7 Å². The van der Waals surface area contributed by atoms with E-state index in [1.54, 1.807) is 18.2 Å². The molecule has 1 atom stereocenters. The lowest BCUT2D eigenvalue weighted by Crippen LogP contribution is -2.34. The van der Waals surface area contributed by atoms with Crippen molar-refractivity contribution in [3.63, 3.8) is 0 Å². The van der Waals surface area contributed by atoms with Gasteiger partial charge in [-0.1, -0.05) is 26.0 Å². The van der Waals surface area contributed by atoms with E-state index in [4.69, 9.17) is 0 Å². The Morgan fingerprint density at radius 2 is 2.09 bits per heavy atom. The SMILES string of the molecule is CC(C)C(O)CNC(=O)CCCc1nc2ccccc2c(=O)[nH]1. The maximum atomic E-state index is 11.9. The van der Waals surface area contributed by atoms with Crippen molar-refractivity contribution in [2.24, 2.45) is 5.92 Å². The van der Waals surface area contributed by atoms with Gasteiger partial charge in [-0.05, 0) is 24.5 Å². The van der Waals surface area contributed by atoms with Crippen LogP contribution in [0.5, 0.6) is 0 Å². The molecule has 3 N–H and O–H groups in total. The quantitative estimate of drug-likeness (QED) is 0.719. The monoisotopic (exact) mass is 317 g/mol. The fourth-order valence-electron chi connectivity index (χ4n) is 2.21. The molecule has 1 aromatic carbocycles. The number of carbonyl (C=O) groups excluding carboxylic acids is 1. The molecule has 0 aliphatic heterocycles. The van der Waals surface area contributed by atoms with Crippen molar-refractivity contribution in [2.75, 3.05) is 6.54 Å². The molecular formula is C17H23N3O3. The Morgan fingerprint density at radius 3 is 2.83 bits per heavy atom. The van der Waals surface area contributed by atoms with Crippen molar-refractivity contribution in [2.45, 2.75) is 39.2 Å². The molecule has 0 spiro atoms. The Kier molecular flexibility index (Phi) is 5.87. The molecular weight excluding hydrogens is 294 g/mol. The molecule has 0 bridgehead atoms. The van der Waals surface area contributed by atoms with Crippen LogP contribution < -0.4 is 10.9 Å². The van der Waals surface area contributed by atoms with Gasteiger partial charge in [-0.15, -0.1) is 0 Å². The predicted molar refractivity (Wildman–Crippen MR) is 89.2 cm³/mol. The Balaban J connectivity index is 1.85. The van der Waals surface area contributed by atoms with Gasteiger partial charge in [-0.3, -0.25) is 9.59 Å². The summed E-state index contributed by atoms with van der Waals surface area (Å²) < 4.78 is 0. The number of aromatic amines is 1. The fourth-order valence-corrected chi connectivity index (χ4v) is 2.21. The molecule has 1 aromatic heterocycles. The minimum Gasteiger partial charge on any atom is -0.391 e. The Labute approximate surface area is 135 Å². The number of rotatable bonds is 7. The smallest absolute Gasteiger partial charge is 0.258 e. The number of H-pyrrole nitrogens is 1. The van der Waals surface area contributed by atoms with Gasteiger partial charge < -0.3 is 15.4 Å². The van der Waals surface area contributed by atoms with Gasteiger partial charge in [0.05, 0.1) is 17.0 Å². The maximum absolute atomic E-state index is 11.9. The van der Waals surface area contributed by atoms with Crippen LogP contribution in [0.15, 0.2) is 29.1 Å². The molecule has 0 aliphatic rings. The van der Waals surface area contributed by atoms with Crippen LogP contribution in [0.4, 0.5) is 0 Å². The van der Waals surface area contributed by atoms with Crippen LogP contribution in [0.2, 0.25) is 0 Å². The molecule has 0 saturated heterocycles. The summed E-state index contributed by atoms with van der Waals surface area (Å²) in [5.41, 5.74) is 0.505. The number of para-hydroxylation sites is 1. The molecule has 0 radical (unpaired) electrons. The minimum atomic E-state index is -0.530. The van der Waals surface area contributed by atoms with Gasteiger partial charge in [0.15, 0.2) is 0 Å². The standard InChI is InChI=1S/C17H23N3O3/c1-11(2)14(21)10-18-16(22)9-5-8-15-19-13-7-4-3-6-12(13)17(23)20-15/h3-4,6-7,11,14,21H,5,8-10H2,1-2H3,(H,18,22)(H,19,20,23). The number of aromatic nitrogens is 2. The third-order valence-electron chi connectivity index (χ3n) is 3.76.